The Kier molecular flexibility index (Phi) is 3.53. The highest BCUT2D eigenvalue weighted by Gasteiger charge is 2.16. The fraction of sp³-hybridized carbons (Fsp3) is 0. The van der Waals surface area contributed by atoms with Gasteiger partial charge in [-0.05, 0) is 24.3 Å². The van der Waals surface area contributed by atoms with Crippen LogP contribution in [0.25, 0.3) is 22.6 Å². The lowest BCUT2D eigenvalue weighted by Crippen LogP contribution is -2.03. The molecule has 1 aromatic heterocycles. The zero-order valence-corrected chi connectivity index (χ0v) is 12.1. The maximum Gasteiger partial charge on any atom is 0.165 e. The summed E-state index contributed by atoms with van der Waals surface area (Å²) in [6.45, 7) is 0. The van der Waals surface area contributed by atoms with Crippen LogP contribution in [-0.2, 0) is 0 Å². The number of rotatable bonds is 2. The summed E-state index contributed by atoms with van der Waals surface area (Å²) < 4.78 is 0. The molecular formula is C17H13N5O. The predicted octanol–water partition coefficient (Wildman–Crippen LogP) is 2.55. The van der Waals surface area contributed by atoms with Gasteiger partial charge in [-0.15, -0.1) is 0 Å². The molecule has 2 aromatic carbocycles. The molecule has 0 aliphatic rings. The number of anilines is 2. The van der Waals surface area contributed by atoms with Gasteiger partial charge in [0.15, 0.2) is 5.82 Å². The van der Waals surface area contributed by atoms with Crippen LogP contribution in [0.3, 0.4) is 0 Å². The Balaban J connectivity index is 2.27. The van der Waals surface area contributed by atoms with Gasteiger partial charge in [-0.25, -0.2) is 9.97 Å². The molecule has 0 saturated carbocycles. The molecule has 6 heteroatoms. The van der Waals surface area contributed by atoms with E-state index in [1.54, 1.807) is 42.5 Å². The normalized spacial score (nSPS) is 10.2. The molecule has 0 fully saturated rings. The molecule has 0 saturated heterocycles. The zero-order valence-electron chi connectivity index (χ0n) is 12.1. The van der Waals surface area contributed by atoms with Crippen LogP contribution in [0.5, 0.6) is 5.75 Å². The number of benzene rings is 2. The van der Waals surface area contributed by atoms with Crippen LogP contribution < -0.4 is 11.5 Å². The lowest BCUT2D eigenvalue weighted by Gasteiger charge is -2.10. The number of aromatic hydroxyl groups is 1. The SMILES string of the molecule is N#Cc1c(N)nc(-c2ccccc2O)nc1-c1cccc(N)c1. The summed E-state index contributed by atoms with van der Waals surface area (Å²) in [5.74, 6) is 0.338. The molecule has 0 radical (unpaired) electrons. The highest BCUT2D eigenvalue weighted by molar-refractivity contribution is 5.77. The van der Waals surface area contributed by atoms with Gasteiger partial charge in [0, 0.05) is 11.3 Å². The molecule has 23 heavy (non-hydrogen) atoms. The summed E-state index contributed by atoms with van der Waals surface area (Å²) in [5.41, 5.74) is 13.9. The molecule has 0 spiro atoms. The topological polar surface area (TPSA) is 122 Å². The van der Waals surface area contributed by atoms with Gasteiger partial charge >= 0.3 is 0 Å². The number of para-hydroxylation sites is 1. The van der Waals surface area contributed by atoms with E-state index in [1.165, 1.54) is 6.07 Å². The van der Waals surface area contributed by atoms with Crippen LogP contribution in [0.1, 0.15) is 5.56 Å². The summed E-state index contributed by atoms with van der Waals surface area (Å²) in [4.78, 5) is 8.55. The highest BCUT2D eigenvalue weighted by atomic mass is 16.3. The number of phenolic OH excluding ortho intramolecular Hbond substituents is 1. The van der Waals surface area contributed by atoms with E-state index >= 15 is 0 Å². The number of hydrogen-bond acceptors (Lipinski definition) is 6. The third-order valence-electron chi connectivity index (χ3n) is 3.35. The van der Waals surface area contributed by atoms with Gasteiger partial charge in [0.2, 0.25) is 0 Å². The summed E-state index contributed by atoms with van der Waals surface area (Å²) in [6, 6.07) is 15.7. The average Bonchev–Trinajstić information content (AvgIpc) is 2.54. The van der Waals surface area contributed by atoms with E-state index in [4.69, 9.17) is 11.5 Å². The molecule has 0 amide bonds. The first-order valence-electron chi connectivity index (χ1n) is 6.82. The average molecular weight is 303 g/mol. The Morgan fingerprint density at radius 3 is 2.48 bits per heavy atom. The molecule has 3 rings (SSSR count). The van der Waals surface area contributed by atoms with E-state index in [1.807, 2.05) is 6.07 Å². The second-order valence-corrected chi connectivity index (χ2v) is 4.91. The van der Waals surface area contributed by atoms with Gasteiger partial charge in [0.05, 0.1) is 11.3 Å². The predicted molar refractivity (Wildman–Crippen MR) is 88.1 cm³/mol. The van der Waals surface area contributed by atoms with Crippen LogP contribution in [0.15, 0.2) is 48.5 Å². The standard InChI is InChI=1S/C17H13N5O/c18-9-13-15(10-4-3-5-11(19)8-10)21-17(22-16(13)20)12-6-1-2-7-14(12)23/h1-8,23H,19H2,(H2,20,21,22). The van der Waals surface area contributed by atoms with Crippen molar-refractivity contribution in [3.05, 3.63) is 54.1 Å². The number of nitriles is 1. The molecule has 5 N–H and O–H groups in total. The molecule has 0 bridgehead atoms. The number of nitrogens with zero attached hydrogens (tertiary/aromatic N) is 3. The molecule has 1 heterocycles. The molecule has 0 aliphatic carbocycles. The van der Waals surface area contributed by atoms with Crippen molar-refractivity contribution in [1.29, 1.82) is 5.26 Å². The van der Waals surface area contributed by atoms with E-state index in [0.717, 1.165) is 0 Å². The first-order chi connectivity index (χ1) is 11.1. The zero-order chi connectivity index (χ0) is 16.4. The summed E-state index contributed by atoms with van der Waals surface area (Å²) in [5, 5.41) is 19.3. The van der Waals surface area contributed by atoms with Crippen LogP contribution in [0, 0.1) is 11.3 Å². The van der Waals surface area contributed by atoms with Gasteiger partial charge in [-0.3, -0.25) is 0 Å². The van der Waals surface area contributed by atoms with E-state index in [0.29, 0.717) is 22.5 Å². The minimum absolute atomic E-state index is 0.0372. The van der Waals surface area contributed by atoms with Crippen molar-refractivity contribution in [3.8, 4) is 34.5 Å². The van der Waals surface area contributed by atoms with Crippen LogP contribution in [0.4, 0.5) is 11.5 Å². The highest BCUT2D eigenvalue weighted by Crippen LogP contribution is 2.31. The fourth-order valence-electron chi connectivity index (χ4n) is 2.27. The Bertz CT molecular complexity index is 931. The number of aromatic nitrogens is 2. The number of hydrogen-bond donors (Lipinski definition) is 3. The monoisotopic (exact) mass is 303 g/mol. The van der Waals surface area contributed by atoms with Crippen LogP contribution in [-0.4, -0.2) is 15.1 Å². The minimum atomic E-state index is 0.0372. The molecule has 0 atom stereocenters. The Hall–Kier alpha value is -3.59. The van der Waals surface area contributed by atoms with Gasteiger partial charge in [-0.2, -0.15) is 5.26 Å². The van der Waals surface area contributed by atoms with E-state index in [-0.39, 0.29) is 23.0 Å². The fourth-order valence-corrected chi connectivity index (χ4v) is 2.27. The second kappa shape index (κ2) is 5.66. The molecule has 3 aromatic rings. The van der Waals surface area contributed by atoms with Crippen molar-refractivity contribution in [2.45, 2.75) is 0 Å². The maximum absolute atomic E-state index is 9.98. The number of nitrogens with two attached hydrogens (primary N) is 2. The minimum Gasteiger partial charge on any atom is -0.507 e. The lowest BCUT2D eigenvalue weighted by molar-refractivity contribution is 0.477. The lowest BCUT2D eigenvalue weighted by atomic mass is 10.1. The molecule has 0 aliphatic heterocycles. The number of phenols is 1. The maximum atomic E-state index is 9.98. The van der Waals surface area contributed by atoms with Crippen molar-refractivity contribution in [2.24, 2.45) is 0 Å². The van der Waals surface area contributed by atoms with Crippen molar-refractivity contribution in [2.75, 3.05) is 11.5 Å². The Morgan fingerprint density at radius 1 is 1.00 bits per heavy atom. The van der Waals surface area contributed by atoms with Crippen molar-refractivity contribution < 1.29 is 5.11 Å². The summed E-state index contributed by atoms with van der Waals surface area (Å²) in [6.07, 6.45) is 0. The van der Waals surface area contributed by atoms with Crippen molar-refractivity contribution in [1.82, 2.24) is 9.97 Å². The van der Waals surface area contributed by atoms with Gasteiger partial charge in [0.25, 0.3) is 0 Å². The van der Waals surface area contributed by atoms with Gasteiger partial charge < -0.3 is 16.6 Å². The molecule has 112 valence electrons. The number of nitrogen functional groups attached to an aromatic ring is 2. The van der Waals surface area contributed by atoms with Crippen molar-refractivity contribution in [3.63, 3.8) is 0 Å². The van der Waals surface area contributed by atoms with E-state index in [2.05, 4.69) is 9.97 Å². The smallest absolute Gasteiger partial charge is 0.165 e. The van der Waals surface area contributed by atoms with Crippen LogP contribution in [0.2, 0.25) is 0 Å². The first-order valence-corrected chi connectivity index (χ1v) is 6.82. The van der Waals surface area contributed by atoms with Gasteiger partial charge in [-0.1, -0.05) is 24.3 Å². The quantitative estimate of drug-likeness (QED) is 0.625. The van der Waals surface area contributed by atoms with Crippen molar-refractivity contribution >= 4 is 11.5 Å². The Morgan fingerprint density at radius 2 is 1.78 bits per heavy atom. The Labute approximate surface area is 132 Å². The molecular weight excluding hydrogens is 290 g/mol. The summed E-state index contributed by atoms with van der Waals surface area (Å²) in [7, 11) is 0. The van der Waals surface area contributed by atoms with E-state index < -0.39 is 0 Å². The largest absolute Gasteiger partial charge is 0.507 e. The molecule has 6 nitrogen and oxygen atoms in total. The van der Waals surface area contributed by atoms with Gasteiger partial charge in [0.1, 0.15) is 23.2 Å². The third kappa shape index (κ3) is 2.63. The van der Waals surface area contributed by atoms with Crippen LogP contribution >= 0.6 is 0 Å². The third-order valence-corrected chi connectivity index (χ3v) is 3.35. The summed E-state index contributed by atoms with van der Waals surface area (Å²) >= 11 is 0. The first kappa shape index (κ1) is 14.4. The molecule has 0 unspecified atom stereocenters. The van der Waals surface area contributed by atoms with E-state index in [9.17, 15) is 10.4 Å². The second-order valence-electron chi connectivity index (χ2n) is 4.91.